The fraction of sp³-hybridized carbons (Fsp3) is 0.364. The Kier molecular flexibility index (Phi) is 5.13. The van der Waals surface area contributed by atoms with Crippen LogP contribution in [0.2, 0.25) is 0 Å². The van der Waals surface area contributed by atoms with Gasteiger partial charge < -0.3 is 9.47 Å². The molecule has 0 radical (unpaired) electrons. The Morgan fingerprint density at radius 3 is 2.37 bits per heavy atom. The lowest BCUT2D eigenvalue weighted by atomic mass is 10.3. The Hall–Kier alpha value is -1.80. The van der Waals surface area contributed by atoms with E-state index < -0.39 is 15.9 Å². The molecule has 1 aromatic carbocycles. The molecule has 0 bridgehead atoms. The first-order valence-corrected chi connectivity index (χ1v) is 6.95. The number of methoxy groups -OCH3 is 2. The first kappa shape index (κ1) is 15.3. The summed E-state index contributed by atoms with van der Waals surface area (Å²) in [6.45, 7) is 1.61. The summed E-state index contributed by atoms with van der Waals surface area (Å²) >= 11 is 0. The van der Waals surface area contributed by atoms with Crippen molar-refractivity contribution in [3.05, 3.63) is 18.2 Å². The highest BCUT2D eigenvalue weighted by Gasteiger charge is 2.17. The zero-order valence-corrected chi connectivity index (χ0v) is 11.7. The van der Waals surface area contributed by atoms with E-state index in [4.69, 9.17) is 9.47 Å². The first-order valence-electron chi connectivity index (χ1n) is 5.47. The van der Waals surface area contributed by atoms with Crippen LogP contribution in [0.1, 0.15) is 13.3 Å². The average Bonchev–Trinajstić information content (AvgIpc) is 2.43. The predicted octanol–water partition coefficient (Wildman–Crippen LogP) is 0.423. The van der Waals surface area contributed by atoms with Gasteiger partial charge in [0.25, 0.3) is 10.0 Å². The lowest BCUT2D eigenvalue weighted by molar-refractivity contribution is -0.121. The molecule has 0 aliphatic carbocycles. The number of ether oxygens (including phenoxy) is 2. The zero-order valence-electron chi connectivity index (χ0n) is 10.9. The topological polar surface area (TPSA) is 93.7 Å². The van der Waals surface area contributed by atoms with Crippen LogP contribution in [0, 0.1) is 0 Å². The van der Waals surface area contributed by atoms with Gasteiger partial charge in [0.2, 0.25) is 5.91 Å². The van der Waals surface area contributed by atoms with E-state index in [1.54, 1.807) is 6.92 Å². The van der Waals surface area contributed by atoms with Crippen LogP contribution in [0.15, 0.2) is 23.1 Å². The van der Waals surface area contributed by atoms with Gasteiger partial charge in [0.05, 0.1) is 19.1 Å². The van der Waals surface area contributed by atoms with Crippen molar-refractivity contribution in [1.29, 1.82) is 0 Å². The minimum atomic E-state index is -3.84. The fourth-order valence-corrected chi connectivity index (χ4v) is 2.13. The van der Waals surface area contributed by atoms with Crippen molar-refractivity contribution in [2.24, 2.45) is 0 Å². The van der Waals surface area contributed by atoms with Gasteiger partial charge in [0, 0.05) is 12.5 Å². The molecule has 19 heavy (non-hydrogen) atoms. The van der Waals surface area contributed by atoms with Gasteiger partial charge in [-0.2, -0.15) is 0 Å². The van der Waals surface area contributed by atoms with E-state index in [2.05, 4.69) is 5.43 Å². The molecule has 0 spiro atoms. The highest BCUT2D eigenvalue weighted by atomic mass is 32.2. The van der Waals surface area contributed by atoms with Crippen molar-refractivity contribution < 1.29 is 22.7 Å². The summed E-state index contributed by atoms with van der Waals surface area (Å²) in [7, 11) is -0.987. The normalized spacial score (nSPS) is 10.9. The molecule has 1 rings (SSSR count). The Morgan fingerprint density at radius 2 is 1.84 bits per heavy atom. The summed E-state index contributed by atoms with van der Waals surface area (Å²) in [6, 6.07) is 4.12. The number of nitrogens with one attached hydrogen (secondary N) is 2. The molecule has 0 aromatic heterocycles. The van der Waals surface area contributed by atoms with E-state index >= 15 is 0 Å². The third kappa shape index (κ3) is 3.83. The van der Waals surface area contributed by atoms with Crippen LogP contribution in [0.4, 0.5) is 0 Å². The van der Waals surface area contributed by atoms with Crippen LogP contribution in [0.5, 0.6) is 11.5 Å². The van der Waals surface area contributed by atoms with Gasteiger partial charge in [-0.1, -0.05) is 6.92 Å². The highest BCUT2D eigenvalue weighted by Crippen LogP contribution is 2.29. The van der Waals surface area contributed by atoms with Gasteiger partial charge in [-0.15, -0.1) is 4.83 Å². The molecular formula is C11H16N2O5S. The Balaban J connectivity index is 2.98. The van der Waals surface area contributed by atoms with Crippen molar-refractivity contribution in [3.63, 3.8) is 0 Å². The van der Waals surface area contributed by atoms with Crippen molar-refractivity contribution in [3.8, 4) is 11.5 Å². The zero-order chi connectivity index (χ0) is 14.5. The van der Waals surface area contributed by atoms with Crippen LogP contribution in [0.3, 0.4) is 0 Å². The maximum absolute atomic E-state index is 11.9. The molecule has 0 heterocycles. The number of hydrazine groups is 1. The number of rotatable bonds is 6. The van der Waals surface area contributed by atoms with E-state index in [0.717, 1.165) is 0 Å². The summed E-state index contributed by atoms with van der Waals surface area (Å²) in [4.78, 5) is 13.0. The summed E-state index contributed by atoms with van der Waals surface area (Å²) in [6.07, 6.45) is 0.175. The molecular weight excluding hydrogens is 272 g/mol. The second-order valence-electron chi connectivity index (χ2n) is 3.52. The number of carbonyl (C=O) groups is 1. The molecule has 0 aliphatic rings. The number of benzene rings is 1. The van der Waals surface area contributed by atoms with E-state index in [0.29, 0.717) is 5.75 Å². The van der Waals surface area contributed by atoms with Gasteiger partial charge in [0.15, 0.2) is 11.5 Å². The van der Waals surface area contributed by atoms with Crippen LogP contribution in [-0.4, -0.2) is 28.5 Å². The molecule has 1 aromatic rings. The molecule has 8 heteroatoms. The molecule has 0 saturated heterocycles. The molecule has 106 valence electrons. The highest BCUT2D eigenvalue weighted by molar-refractivity contribution is 7.89. The molecule has 0 saturated carbocycles. The number of carbonyl (C=O) groups excluding carboxylic acids is 1. The number of sulfonamides is 1. The fourth-order valence-electron chi connectivity index (χ4n) is 1.26. The lowest BCUT2D eigenvalue weighted by Crippen LogP contribution is -2.41. The molecule has 0 fully saturated rings. The molecule has 1 amide bonds. The largest absolute Gasteiger partial charge is 0.493 e. The predicted molar refractivity (Wildman–Crippen MR) is 68.3 cm³/mol. The van der Waals surface area contributed by atoms with Crippen LogP contribution in [0.25, 0.3) is 0 Å². The van der Waals surface area contributed by atoms with E-state index in [1.165, 1.54) is 32.4 Å². The smallest absolute Gasteiger partial charge is 0.257 e. The second kappa shape index (κ2) is 6.39. The average molecular weight is 288 g/mol. The van der Waals surface area contributed by atoms with Crippen LogP contribution < -0.4 is 19.7 Å². The second-order valence-corrected chi connectivity index (χ2v) is 5.21. The van der Waals surface area contributed by atoms with Crippen molar-refractivity contribution in [1.82, 2.24) is 10.3 Å². The standard InChI is InChI=1S/C11H16N2O5S/c1-4-11(14)12-13-19(15,16)8-5-6-9(17-2)10(7-8)18-3/h5-7,13H,4H2,1-3H3,(H,12,14). The van der Waals surface area contributed by atoms with Gasteiger partial charge >= 0.3 is 0 Å². The van der Waals surface area contributed by atoms with E-state index in [1.807, 2.05) is 4.83 Å². The van der Waals surface area contributed by atoms with Crippen LogP contribution >= 0.6 is 0 Å². The summed E-state index contributed by atoms with van der Waals surface area (Å²) in [5.41, 5.74) is 2.09. The minimum absolute atomic E-state index is 0.0402. The first-order chi connectivity index (χ1) is 8.94. The Bertz CT molecular complexity index is 556. The van der Waals surface area contributed by atoms with E-state index in [-0.39, 0.29) is 17.1 Å². The molecule has 7 nitrogen and oxygen atoms in total. The van der Waals surface area contributed by atoms with Gasteiger partial charge in [-0.25, -0.2) is 8.42 Å². The molecule has 2 N–H and O–H groups in total. The quantitative estimate of drug-likeness (QED) is 0.740. The summed E-state index contributed by atoms with van der Waals surface area (Å²) in [5, 5.41) is 0. The minimum Gasteiger partial charge on any atom is -0.493 e. The van der Waals surface area contributed by atoms with E-state index in [9.17, 15) is 13.2 Å². The number of hydrogen-bond donors (Lipinski definition) is 2. The summed E-state index contributed by atoms with van der Waals surface area (Å²) < 4.78 is 33.8. The maximum Gasteiger partial charge on any atom is 0.257 e. The third-order valence-electron chi connectivity index (χ3n) is 2.31. The van der Waals surface area contributed by atoms with Crippen LogP contribution in [-0.2, 0) is 14.8 Å². The SMILES string of the molecule is CCC(=O)NNS(=O)(=O)c1ccc(OC)c(OC)c1. The number of hydrogen-bond acceptors (Lipinski definition) is 5. The van der Waals surface area contributed by atoms with Crippen molar-refractivity contribution in [2.45, 2.75) is 18.2 Å². The third-order valence-corrected chi connectivity index (χ3v) is 3.56. The van der Waals surface area contributed by atoms with Crippen molar-refractivity contribution in [2.75, 3.05) is 14.2 Å². The van der Waals surface area contributed by atoms with Crippen molar-refractivity contribution >= 4 is 15.9 Å². The monoisotopic (exact) mass is 288 g/mol. The Morgan fingerprint density at radius 1 is 1.21 bits per heavy atom. The van der Waals surface area contributed by atoms with Gasteiger partial charge in [-0.3, -0.25) is 10.2 Å². The molecule has 0 unspecified atom stereocenters. The van der Waals surface area contributed by atoms with Gasteiger partial charge in [-0.05, 0) is 12.1 Å². The maximum atomic E-state index is 11.9. The molecule has 0 aliphatic heterocycles. The van der Waals surface area contributed by atoms with Gasteiger partial charge in [0.1, 0.15) is 0 Å². The number of amides is 1. The molecule has 0 atom stereocenters. The Labute approximate surface area is 111 Å². The lowest BCUT2D eigenvalue weighted by Gasteiger charge is -2.11. The summed E-state index contributed by atoms with van der Waals surface area (Å²) in [5.74, 6) is 0.273.